The maximum absolute atomic E-state index is 12.5. The molecule has 0 bridgehead atoms. The van der Waals surface area contributed by atoms with E-state index in [1.165, 1.54) is 6.07 Å². The second-order valence-electron chi connectivity index (χ2n) is 8.87. The second-order valence-corrected chi connectivity index (χ2v) is 10.3. The Morgan fingerprint density at radius 2 is 1.11 bits per heavy atom. The predicted octanol–water partition coefficient (Wildman–Crippen LogP) is 6.04. The fraction of sp³-hybridized carbons (Fsp3) is 0.379. The minimum atomic E-state index is -4.41. The van der Waals surface area contributed by atoms with Crippen LogP contribution in [0.2, 0.25) is 0 Å². The van der Waals surface area contributed by atoms with E-state index in [0.717, 1.165) is 59.8 Å². The van der Waals surface area contributed by atoms with Gasteiger partial charge in [0.25, 0.3) is 10.1 Å². The third-order valence-electron chi connectivity index (χ3n) is 6.91. The molecule has 0 spiro atoms. The van der Waals surface area contributed by atoms with Crippen molar-refractivity contribution in [3.63, 3.8) is 0 Å². The van der Waals surface area contributed by atoms with Gasteiger partial charge in [-0.25, -0.2) is 0 Å². The molecule has 0 amide bonds. The number of hydrogen-bond acceptors (Lipinski definition) is 4. The minimum absolute atomic E-state index is 0. The van der Waals surface area contributed by atoms with Crippen LogP contribution in [0.1, 0.15) is 61.4 Å². The van der Waals surface area contributed by atoms with Gasteiger partial charge in [0.2, 0.25) is 0 Å². The van der Waals surface area contributed by atoms with Gasteiger partial charge in [0.1, 0.15) is 0 Å². The van der Waals surface area contributed by atoms with Crippen LogP contribution in [-0.2, 0) is 10.1 Å². The van der Waals surface area contributed by atoms with Gasteiger partial charge in [-0.15, -0.1) is 0 Å². The maximum atomic E-state index is 12.5. The molecule has 0 atom stereocenters. The molecule has 189 valence electrons. The van der Waals surface area contributed by atoms with E-state index >= 15 is 0 Å². The molecule has 0 saturated carbocycles. The van der Waals surface area contributed by atoms with Crippen LogP contribution in [0.3, 0.4) is 0 Å². The Bertz CT molecular complexity index is 1210. The summed E-state index contributed by atoms with van der Waals surface area (Å²) in [7, 11) is -4.41. The first kappa shape index (κ1) is 30.4. The molecular formula is C29H38N2NaO3S. The second kappa shape index (κ2) is 13.1. The molecule has 0 aliphatic heterocycles. The molecule has 5 nitrogen and oxygen atoms in total. The maximum Gasteiger partial charge on any atom is 0.294 e. The molecule has 3 aromatic carbocycles. The third-order valence-corrected chi connectivity index (χ3v) is 7.84. The zero-order valence-corrected chi connectivity index (χ0v) is 25.6. The molecule has 36 heavy (non-hydrogen) atoms. The van der Waals surface area contributed by atoms with Crippen molar-refractivity contribution >= 4 is 51.1 Å². The van der Waals surface area contributed by atoms with Gasteiger partial charge in [0, 0.05) is 73.0 Å². The van der Waals surface area contributed by atoms with Crippen molar-refractivity contribution in [3.8, 4) is 0 Å². The van der Waals surface area contributed by atoms with E-state index in [0.29, 0.717) is 5.56 Å². The van der Waals surface area contributed by atoms with E-state index in [1.54, 1.807) is 6.07 Å². The zero-order chi connectivity index (χ0) is 25.8. The van der Waals surface area contributed by atoms with Crippen molar-refractivity contribution in [2.24, 2.45) is 0 Å². The van der Waals surface area contributed by atoms with Crippen LogP contribution in [0.15, 0.2) is 65.6 Å². The molecule has 0 aromatic heterocycles. The van der Waals surface area contributed by atoms with Crippen molar-refractivity contribution in [2.45, 2.75) is 52.4 Å². The van der Waals surface area contributed by atoms with Crippen LogP contribution in [-0.4, -0.2) is 68.7 Å². The summed E-state index contributed by atoms with van der Waals surface area (Å²) in [5.41, 5.74) is 6.99. The molecule has 0 fully saturated rings. The van der Waals surface area contributed by atoms with Gasteiger partial charge in [-0.05, 0) is 99.7 Å². The fourth-order valence-corrected chi connectivity index (χ4v) is 5.64. The average Bonchev–Trinajstić information content (AvgIpc) is 2.84. The van der Waals surface area contributed by atoms with E-state index < -0.39 is 10.1 Å². The summed E-state index contributed by atoms with van der Waals surface area (Å²) in [4.78, 5) is 4.52. The Labute approximate surface area is 239 Å². The van der Waals surface area contributed by atoms with Crippen molar-refractivity contribution in [2.75, 3.05) is 36.0 Å². The summed E-state index contributed by atoms with van der Waals surface area (Å²) in [6.07, 6.45) is 0. The van der Waals surface area contributed by atoms with Crippen LogP contribution < -0.4 is 9.80 Å². The van der Waals surface area contributed by atoms with Gasteiger partial charge in [0.05, 0.1) is 4.90 Å². The molecule has 1 radical (unpaired) electrons. The summed E-state index contributed by atoms with van der Waals surface area (Å²) in [6, 6.07) is 19.6. The minimum Gasteiger partial charge on any atom is -0.372 e. The summed E-state index contributed by atoms with van der Waals surface area (Å²) >= 11 is 0. The van der Waals surface area contributed by atoms with Crippen LogP contribution in [0.4, 0.5) is 11.4 Å². The van der Waals surface area contributed by atoms with Gasteiger partial charge < -0.3 is 9.80 Å². The number of nitrogens with zero attached hydrogens (tertiary/aromatic N) is 2. The Hall–Kier alpha value is -1.83. The number of anilines is 2. The molecule has 0 heterocycles. The van der Waals surface area contributed by atoms with Crippen LogP contribution in [0, 0.1) is 13.8 Å². The summed E-state index contributed by atoms with van der Waals surface area (Å²) in [6.45, 7) is 16.2. The Morgan fingerprint density at radius 1 is 0.694 bits per heavy atom. The van der Waals surface area contributed by atoms with Gasteiger partial charge in [-0.1, -0.05) is 30.3 Å². The smallest absolute Gasteiger partial charge is 0.294 e. The van der Waals surface area contributed by atoms with Gasteiger partial charge in [-0.3, -0.25) is 4.55 Å². The fourth-order valence-electron chi connectivity index (χ4n) is 4.91. The molecule has 0 saturated heterocycles. The van der Waals surface area contributed by atoms with Gasteiger partial charge in [0.15, 0.2) is 0 Å². The Balaban J connectivity index is 0.00000456. The largest absolute Gasteiger partial charge is 0.372 e. The van der Waals surface area contributed by atoms with E-state index in [9.17, 15) is 13.0 Å². The van der Waals surface area contributed by atoms with E-state index in [-0.39, 0.29) is 40.4 Å². The number of benzene rings is 3. The van der Waals surface area contributed by atoms with Crippen molar-refractivity contribution in [1.82, 2.24) is 0 Å². The summed E-state index contributed by atoms with van der Waals surface area (Å²) in [5.74, 6) is -0.362. The van der Waals surface area contributed by atoms with Crippen molar-refractivity contribution in [1.29, 1.82) is 0 Å². The Morgan fingerprint density at radius 3 is 1.50 bits per heavy atom. The van der Waals surface area contributed by atoms with Crippen LogP contribution in [0.5, 0.6) is 0 Å². The topological polar surface area (TPSA) is 60.9 Å². The third kappa shape index (κ3) is 6.53. The van der Waals surface area contributed by atoms with E-state index in [4.69, 9.17) is 0 Å². The molecule has 0 aliphatic rings. The first-order valence-electron chi connectivity index (χ1n) is 12.4. The first-order valence-corrected chi connectivity index (χ1v) is 13.9. The first-order chi connectivity index (χ1) is 16.7. The van der Waals surface area contributed by atoms with Crippen LogP contribution in [0.25, 0.3) is 0 Å². The standard InChI is InChI=1S/C29H38N2O3S.Na/c1-7-30(8-2)23-17-15-21(5)26(19-23)29(25-13-11-12-14-28(25)35(32,33)34)27-20-24(18-16-22(27)6)31(9-3)10-4;/h11-20,29H,7-10H2,1-6H3,(H,32,33,34);. The van der Waals surface area contributed by atoms with Gasteiger partial charge >= 0.3 is 0 Å². The monoisotopic (exact) mass is 517 g/mol. The summed E-state index contributed by atoms with van der Waals surface area (Å²) < 4.78 is 35.1. The quantitative estimate of drug-likeness (QED) is 0.202. The average molecular weight is 518 g/mol. The predicted molar refractivity (Wildman–Crippen MR) is 152 cm³/mol. The number of hydrogen-bond donors (Lipinski definition) is 1. The van der Waals surface area contributed by atoms with Gasteiger partial charge in [-0.2, -0.15) is 8.42 Å². The summed E-state index contributed by atoms with van der Waals surface area (Å²) in [5, 5.41) is 0. The Kier molecular flexibility index (Phi) is 11.1. The molecule has 1 N–H and O–H groups in total. The van der Waals surface area contributed by atoms with Crippen molar-refractivity contribution < 1.29 is 13.0 Å². The molecule has 0 aliphatic carbocycles. The van der Waals surface area contributed by atoms with E-state index in [1.807, 2.05) is 12.1 Å². The molecule has 0 unspecified atom stereocenters. The normalized spacial score (nSPS) is 11.3. The van der Waals surface area contributed by atoms with E-state index in [2.05, 4.69) is 87.7 Å². The zero-order valence-electron chi connectivity index (χ0n) is 22.7. The van der Waals surface area contributed by atoms with Crippen LogP contribution >= 0.6 is 0 Å². The number of aryl methyl sites for hydroxylation is 2. The molecule has 3 rings (SSSR count). The van der Waals surface area contributed by atoms with Crippen molar-refractivity contribution in [3.05, 3.63) is 88.5 Å². The SMILES string of the molecule is CCN(CC)c1ccc(C)c(C(c2cc(N(CC)CC)ccc2C)c2ccccc2S(=O)(=O)O)c1.[Na]. The number of rotatable bonds is 10. The molecular weight excluding hydrogens is 479 g/mol. The molecule has 7 heteroatoms. The molecule has 3 aromatic rings.